The minimum Gasteiger partial charge on any atom is -0.453 e. The number of benzene rings is 2. The summed E-state index contributed by atoms with van der Waals surface area (Å²) in [6.45, 7) is 0. The molecule has 0 atom stereocenters. The van der Waals surface area contributed by atoms with Crippen LogP contribution in [0.3, 0.4) is 0 Å². The standard InChI is InChI=1S/C17H11N3O/c1-20-14-8-11(10-18)6-7-13(14)19-17(20)16-9-12-4-2-3-5-15(12)21-16/h2-9H,1H3. The number of para-hydroxylation sites is 1. The first kappa shape index (κ1) is 11.7. The first-order valence-electron chi connectivity index (χ1n) is 6.62. The molecule has 0 unspecified atom stereocenters. The van der Waals surface area contributed by atoms with Crippen LogP contribution in [0.2, 0.25) is 0 Å². The number of nitrogens with zero attached hydrogens (tertiary/aromatic N) is 3. The monoisotopic (exact) mass is 273 g/mol. The van der Waals surface area contributed by atoms with Crippen molar-refractivity contribution in [3.05, 3.63) is 54.1 Å². The maximum Gasteiger partial charge on any atom is 0.177 e. The van der Waals surface area contributed by atoms with Crippen LogP contribution >= 0.6 is 0 Å². The number of hydrogen-bond donors (Lipinski definition) is 0. The normalized spacial score (nSPS) is 11.0. The van der Waals surface area contributed by atoms with E-state index >= 15 is 0 Å². The predicted octanol–water partition coefficient (Wildman–Crippen LogP) is 3.86. The molecule has 0 saturated carbocycles. The molecule has 0 aliphatic heterocycles. The van der Waals surface area contributed by atoms with Crippen molar-refractivity contribution in [2.24, 2.45) is 7.05 Å². The highest BCUT2D eigenvalue weighted by molar-refractivity contribution is 5.85. The lowest BCUT2D eigenvalue weighted by Crippen LogP contribution is -1.91. The van der Waals surface area contributed by atoms with Crippen LogP contribution in [-0.2, 0) is 7.05 Å². The first-order valence-corrected chi connectivity index (χ1v) is 6.62. The van der Waals surface area contributed by atoms with Crippen molar-refractivity contribution in [1.29, 1.82) is 5.26 Å². The lowest BCUT2D eigenvalue weighted by atomic mass is 10.2. The molecule has 0 N–H and O–H groups in total. The molecule has 4 aromatic rings. The molecule has 2 aromatic heterocycles. The highest BCUT2D eigenvalue weighted by Gasteiger charge is 2.14. The molecule has 0 fully saturated rings. The summed E-state index contributed by atoms with van der Waals surface area (Å²) in [6, 6.07) is 17.5. The zero-order valence-electron chi connectivity index (χ0n) is 11.4. The molecule has 0 aliphatic carbocycles. The summed E-state index contributed by atoms with van der Waals surface area (Å²) in [7, 11) is 1.93. The van der Waals surface area contributed by atoms with Gasteiger partial charge in [-0.3, -0.25) is 0 Å². The van der Waals surface area contributed by atoms with Crippen LogP contribution in [0.1, 0.15) is 5.56 Å². The number of hydrogen-bond acceptors (Lipinski definition) is 3. The molecule has 2 heterocycles. The van der Waals surface area contributed by atoms with Gasteiger partial charge in [0.15, 0.2) is 11.6 Å². The van der Waals surface area contributed by atoms with Gasteiger partial charge < -0.3 is 8.98 Å². The largest absolute Gasteiger partial charge is 0.453 e. The molecule has 0 saturated heterocycles. The van der Waals surface area contributed by atoms with Gasteiger partial charge in [-0.25, -0.2) is 4.98 Å². The van der Waals surface area contributed by atoms with Crippen molar-refractivity contribution in [2.75, 3.05) is 0 Å². The highest BCUT2D eigenvalue weighted by Crippen LogP contribution is 2.29. The molecule has 2 aromatic carbocycles. The summed E-state index contributed by atoms with van der Waals surface area (Å²) in [5.74, 6) is 1.49. The van der Waals surface area contributed by atoms with Crippen LogP contribution in [0.25, 0.3) is 33.6 Å². The molecule has 4 nitrogen and oxygen atoms in total. The molecule has 0 radical (unpaired) electrons. The molecule has 0 spiro atoms. The Morgan fingerprint density at radius 1 is 1.14 bits per heavy atom. The third kappa shape index (κ3) is 1.72. The average Bonchev–Trinajstić information content (AvgIpc) is 3.08. The smallest absolute Gasteiger partial charge is 0.177 e. The van der Waals surface area contributed by atoms with Crippen LogP contribution in [0.15, 0.2) is 52.9 Å². The number of rotatable bonds is 1. The molecule has 0 aliphatic rings. The Morgan fingerprint density at radius 3 is 2.81 bits per heavy atom. The number of nitriles is 1. The molecular weight excluding hydrogens is 262 g/mol. The van der Waals surface area contributed by atoms with Crippen molar-refractivity contribution in [2.45, 2.75) is 0 Å². The van der Waals surface area contributed by atoms with Crippen LogP contribution in [0.4, 0.5) is 0 Å². The van der Waals surface area contributed by atoms with E-state index in [0.717, 1.165) is 33.6 Å². The molecule has 0 bridgehead atoms. The average molecular weight is 273 g/mol. The van der Waals surface area contributed by atoms with Crippen LogP contribution < -0.4 is 0 Å². The van der Waals surface area contributed by atoms with Crippen LogP contribution in [0, 0.1) is 11.3 Å². The van der Waals surface area contributed by atoms with Gasteiger partial charge >= 0.3 is 0 Å². The first-order chi connectivity index (χ1) is 10.3. The lowest BCUT2D eigenvalue weighted by Gasteiger charge is -1.98. The summed E-state index contributed by atoms with van der Waals surface area (Å²) in [4.78, 5) is 4.61. The van der Waals surface area contributed by atoms with E-state index in [2.05, 4.69) is 11.1 Å². The van der Waals surface area contributed by atoms with E-state index in [0.29, 0.717) is 5.56 Å². The fraction of sp³-hybridized carbons (Fsp3) is 0.0588. The predicted molar refractivity (Wildman–Crippen MR) is 80.6 cm³/mol. The van der Waals surface area contributed by atoms with Crippen molar-refractivity contribution in [3.8, 4) is 17.7 Å². The van der Waals surface area contributed by atoms with E-state index in [1.807, 2.05) is 54.1 Å². The number of aryl methyl sites for hydroxylation is 1. The van der Waals surface area contributed by atoms with Crippen LogP contribution in [0.5, 0.6) is 0 Å². The van der Waals surface area contributed by atoms with Gasteiger partial charge in [-0.1, -0.05) is 18.2 Å². The third-order valence-corrected chi connectivity index (χ3v) is 3.66. The molecule has 0 amide bonds. The molecule has 4 rings (SSSR count). The maximum atomic E-state index is 9.01. The fourth-order valence-electron chi connectivity index (χ4n) is 2.57. The van der Waals surface area contributed by atoms with E-state index in [1.54, 1.807) is 6.07 Å². The molecule has 100 valence electrons. The second kappa shape index (κ2) is 4.22. The Kier molecular flexibility index (Phi) is 2.36. The van der Waals surface area contributed by atoms with Gasteiger partial charge in [0, 0.05) is 12.4 Å². The number of imidazole rings is 1. The Labute approximate surface area is 120 Å². The Hall–Kier alpha value is -3.06. The minimum atomic E-state index is 0.627. The Bertz CT molecular complexity index is 985. The fourth-order valence-corrected chi connectivity index (χ4v) is 2.57. The van der Waals surface area contributed by atoms with E-state index in [9.17, 15) is 0 Å². The topological polar surface area (TPSA) is 54.8 Å². The van der Waals surface area contributed by atoms with Crippen molar-refractivity contribution in [1.82, 2.24) is 9.55 Å². The maximum absolute atomic E-state index is 9.01. The quantitative estimate of drug-likeness (QED) is 0.529. The summed E-state index contributed by atoms with van der Waals surface area (Å²) in [6.07, 6.45) is 0. The zero-order chi connectivity index (χ0) is 14.4. The second-order valence-electron chi connectivity index (χ2n) is 4.96. The minimum absolute atomic E-state index is 0.627. The van der Waals surface area contributed by atoms with Gasteiger partial charge in [-0.05, 0) is 30.3 Å². The Balaban J connectivity index is 1.97. The van der Waals surface area contributed by atoms with Gasteiger partial charge in [0.1, 0.15) is 5.58 Å². The summed E-state index contributed by atoms with van der Waals surface area (Å²) >= 11 is 0. The van der Waals surface area contributed by atoms with Crippen molar-refractivity contribution >= 4 is 22.0 Å². The lowest BCUT2D eigenvalue weighted by molar-refractivity contribution is 0.621. The Morgan fingerprint density at radius 2 is 2.00 bits per heavy atom. The zero-order valence-corrected chi connectivity index (χ0v) is 11.4. The number of aromatic nitrogens is 2. The van der Waals surface area contributed by atoms with E-state index < -0.39 is 0 Å². The summed E-state index contributed by atoms with van der Waals surface area (Å²) < 4.78 is 7.82. The van der Waals surface area contributed by atoms with E-state index in [4.69, 9.17) is 9.68 Å². The van der Waals surface area contributed by atoms with E-state index in [-0.39, 0.29) is 0 Å². The van der Waals surface area contributed by atoms with Gasteiger partial charge in [0.25, 0.3) is 0 Å². The summed E-state index contributed by atoms with van der Waals surface area (Å²) in [5.41, 5.74) is 3.25. The van der Waals surface area contributed by atoms with Crippen molar-refractivity contribution < 1.29 is 4.42 Å². The molecule has 21 heavy (non-hydrogen) atoms. The molecular formula is C17H11N3O. The second-order valence-corrected chi connectivity index (χ2v) is 4.96. The van der Waals surface area contributed by atoms with E-state index in [1.165, 1.54) is 0 Å². The van der Waals surface area contributed by atoms with Gasteiger partial charge in [-0.15, -0.1) is 0 Å². The third-order valence-electron chi connectivity index (χ3n) is 3.66. The van der Waals surface area contributed by atoms with Gasteiger partial charge in [-0.2, -0.15) is 5.26 Å². The van der Waals surface area contributed by atoms with Crippen LogP contribution in [-0.4, -0.2) is 9.55 Å². The molecule has 4 heteroatoms. The van der Waals surface area contributed by atoms with Crippen molar-refractivity contribution in [3.63, 3.8) is 0 Å². The highest BCUT2D eigenvalue weighted by atomic mass is 16.3. The number of fused-ring (bicyclic) bond motifs is 2. The number of furan rings is 1. The van der Waals surface area contributed by atoms with Gasteiger partial charge in [0.05, 0.1) is 22.7 Å². The summed E-state index contributed by atoms with van der Waals surface area (Å²) in [5, 5.41) is 10.1. The van der Waals surface area contributed by atoms with Gasteiger partial charge in [0.2, 0.25) is 0 Å². The SMILES string of the molecule is Cn1c(-c2cc3ccccc3o2)nc2ccc(C#N)cc21.